The fraction of sp³-hybridized carbons (Fsp3) is 0.917. The molecule has 0 radical (unpaired) electrons. The van der Waals surface area contributed by atoms with Crippen LogP contribution in [0, 0.1) is 16.7 Å². The number of hydrogen-bond donors (Lipinski definition) is 1. The Morgan fingerprint density at radius 2 is 1.76 bits per heavy atom. The summed E-state index contributed by atoms with van der Waals surface area (Å²) in [6, 6.07) is 0.385. The summed E-state index contributed by atoms with van der Waals surface area (Å²) in [6.45, 7) is 13.5. The lowest BCUT2D eigenvalue weighted by Gasteiger charge is -2.51. The molecule has 5 heteroatoms. The Balaban J connectivity index is 3.09. The number of amides is 1. The first-order valence-electron chi connectivity index (χ1n) is 6.12. The van der Waals surface area contributed by atoms with Gasteiger partial charge >= 0.3 is 0 Å². The highest BCUT2D eigenvalue weighted by molar-refractivity contribution is 8.01. The van der Waals surface area contributed by atoms with Gasteiger partial charge in [-0.15, -0.1) is 0 Å². The van der Waals surface area contributed by atoms with Crippen molar-refractivity contribution in [1.82, 2.24) is 10.2 Å². The Morgan fingerprint density at radius 3 is 2.12 bits per heavy atom. The van der Waals surface area contributed by atoms with E-state index in [-0.39, 0.29) is 16.7 Å². The van der Waals surface area contributed by atoms with Gasteiger partial charge in [0.15, 0.2) is 0 Å². The highest BCUT2D eigenvalue weighted by Crippen LogP contribution is 2.47. The largest absolute Gasteiger partial charge is 0.285 e. The van der Waals surface area contributed by atoms with E-state index >= 15 is 0 Å². The van der Waals surface area contributed by atoms with Gasteiger partial charge in [-0.25, -0.2) is 0 Å². The van der Waals surface area contributed by atoms with Gasteiger partial charge in [0.2, 0.25) is 5.91 Å². The van der Waals surface area contributed by atoms with Crippen LogP contribution in [0.1, 0.15) is 48.0 Å². The van der Waals surface area contributed by atoms with Crippen LogP contribution in [-0.4, -0.2) is 16.7 Å². The number of nitrogens with zero attached hydrogens (tertiary/aromatic N) is 1. The first-order valence-corrected chi connectivity index (χ1v) is 8.88. The molecule has 1 aliphatic heterocycles. The van der Waals surface area contributed by atoms with E-state index in [0.717, 1.165) is 0 Å². The van der Waals surface area contributed by atoms with Crippen molar-refractivity contribution in [3.8, 4) is 0 Å². The second-order valence-electron chi connectivity index (χ2n) is 7.02. The monoisotopic (exact) mass is 276 g/mol. The van der Waals surface area contributed by atoms with Crippen LogP contribution in [0.3, 0.4) is 0 Å². The molecule has 1 fully saturated rings. The molecule has 4 atom stereocenters. The van der Waals surface area contributed by atoms with Gasteiger partial charge < -0.3 is 0 Å². The lowest BCUT2D eigenvalue weighted by atomic mass is 9.66. The van der Waals surface area contributed by atoms with Crippen molar-refractivity contribution in [2.75, 3.05) is 0 Å². The van der Waals surface area contributed by atoms with Crippen molar-refractivity contribution in [3.63, 3.8) is 0 Å². The zero-order chi connectivity index (χ0) is 13.4. The molecule has 0 spiro atoms. The smallest absolute Gasteiger partial charge is 0.234 e. The van der Waals surface area contributed by atoms with Gasteiger partial charge in [-0.05, 0) is 25.2 Å². The Labute approximate surface area is 109 Å². The molecule has 4 unspecified atom stereocenters. The minimum absolute atomic E-state index is 0.151. The molecule has 3 nitrogen and oxygen atoms in total. The molecule has 0 saturated carbocycles. The SMILES string of the molecule is CC(C)(C)C1CC(=O)NN(PP)C1C(C)(C)C. The molecule has 0 aliphatic carbocycles. The number of hydrazine groups is 1. The van der Waals surface area contributed by atoms with Crippen LogP contribution < -0.4 is 5.43 Å². The maximum Gasteiger partial charge on any atom is 0.234 e. The quantitative estimate of drug-likeness (QED) is 0.746. The lowest BCUT2D eigenvalue weighted by molar-refractivity contribution is -0.135. The number of nitrogens with one attached hydrogen (secondary N) is 1. The van der Waals surface area contributed by atoms with E-state index in [0.29, 0.717) is 26.8 Å². The molecular formula is C12H26N2OP2. The minimum Gasteiger partial charge on any atom is -0.285 e. The van der Waals surface area contributed by atoms with E-state index < -0.39 is 0 Å². The van der Waals surface area contributed by atoms with Gasteiger partial charge in [0.05, 0.1) is 0 Å². The fourth-order valence-corrected chi connectivity index (χ4v) is 4.22. The van der Waals surface area contributed by atoms with Crippen LogP contribution >= 0.6 is 17.3 Å². The molecule has 0 bridgehead atoms. The molecule has 100 valence electrons. The Kier molecular flexibility index (Phi) is 4.62. The van der Waals surface area contributed by atoms with Crippen molar-refractivity contribution < 1.29 is 4.79 Å². The standard InChI is InChI=1S/C12H26N2OP2/c1-11(2,3)8-7-9(15)13-14(17-16)10(8)12(4,5)6/h8,10,17H,7,16H2,1-6H3,(H,13,15). The molecule has 0 aromatic heterocycles. The molecule has 1 heterocycles. The zero-order valence-electron chi connectivity index (χ0n) is 11.8. The van der Waals surface area contributed by atoms with Crippen LogP contribution in [0.5, 0.6) is 0 Å². The maximum absolute atomic E-state index is 11.8. The van der Waals surface area contributed by atoms with Gasteiger partial charge in [0, 0.05) is 12.5 Å². The Bertz CT molecular complexity index is 294. The lowest BCUT2D eigenvalue weighted by Crippen LogP contribution is -2.59. The van der Waals surface area contributed by atoms with Gasteiger partial charge in [-0.1, -0.05) is 50.5 Å². The van der Waals surface area contributed by atoms with Crippen molar-refractivity contribution in [2.24, 2.45) is 16.7 Å². The van der Waals surface area contributed by atoms with Gasteiger partial charge in [0.1, 0.15) is 0 Å². The molecule has 1 N–H and O–H groups in total. The molecule has 17 heavy (non-hydrogen) atoms. The van der Waals surface area contributed by atoms with Crippen LogP contribution in [0.15, 0.2) is 0 Å². The second kappa shape index (κ2) is 5.11. The average Bonchev–Trinajstić information content (AvgIpc) is 2.12. The molecule has 1 saturated heterocycles. The van der Waals surface area contributed by atoms with Crippen LogP contribution in [0.25, 0.3) is 0 Å². The summed E-state index contributed by atoms with van der Waals surface area (Å²) in [5.74, 6) is 0.546. The molecule has 1 rings (SSSR count). The van der Waals surface area contributed by atoms with Crippen molar-refractivity contribution in [1.29, 1.82) is 0 Å². The highest BCUT2D eigenvalue weighted by atomic mass is 32.0. The normalized spacial score (nSPS) is 28.8. The summed E-state index contributed by atoms with van der Waals surface area (Å²) in [5, 5.41) is 0. The third-order valence-corrected chi connectivity index (χ3v) is 4.95. The van der Waals surface area contributed by atoms with E-state index in [1.165, 1.54) is 0 Å². The third kappa shape index (κ3) is 3.63. The van der Waals surface area contributed by atoms with Crippen molar-refractivity contribution in [2.45, 2.75) is 54.0 Å². The molecule has 0 aromatic rings. The van der Waals surface area contributed by atoms with E-state index in [4.69, 9.17) is 0 Å². The molecular weight excluding hydrogens is 250 g/mol. The highest BCUT2D eigenvalue weighted by Gasteiger charge is 2.46. The summed E-state index contributed by atoms with van der Waals surface area (Å²) in [5.41, 5.74) is 3.32. The predicted octanol–water partition coefficient (Wildman–Crippen LogP) is 3.18. The minimum atomic E-state index is 0.151. The van der Waals surface area contributed by atoms with E-state index in [1.807, 2.05) is 0 Å². The van der Waals surface area contributed by atoms with Crippen LogP contribution in [0.2, 0.25) is 0 Å². The first-order chi connectivity index (χ1) is 7.57. The molecule has 1 amide bonds. The summed E-state index contributed by atoms with van der Waals surface area (Å²) < 4.78 is 2.12. The van der Waals surface area contributed by atoms with E-state index in [1.54, 1.807) is 0 Å². The predicted molar refractivity (Wildman–Crippen MR) is 78.8 cm³/mol. The Hall–Kier alpha value is 0.290. The summed E-state index contributed by atoms with van der Waals surface area (Å²) in [4.78, 5) is 11.8. The number of carbonyl (C=O) groups is 1. The van der Waals surface area contributed by atoms with Gasteiger partial charge in [0.25, 0.3) is 0 Å². The van der Waals surface area contributed by atoms with Gasteiger partial charge in [-0.3, -0.25) is 10.2 Å². The topological polar surface area (TPSA) is 32.3 Å². The Morgan fingerprint density at radius 1 is 1.24 bits per heavy atom. The average molecular weight is 276 g/mol. The van der Waals surface area contributed by atoms with E-state index in [9.17, 15) is 4.79 Å². The zero-order valence-corrected chi connectivity index (χ0v) is 13.9. The van der Waals surface area contributed by atoms with Crippen LogP contribution in [0.4, 0.5) is 0 Å². The molecule has 1 aliphatic rings. The fourth-order valence-electron chi connectivity index (χ4n) is 2.62. The summed E-state index contributed by atoms with van der Waals surface area (Å²) in [6.07, 6.45) is 0.636. The van der Waals surface area contributed by atoms with E-state index in [2.05, 4.69) is 60.7 Å². The third-order valence-electron chi connectivity index (χ3n) is 3.45. The summed E-state index contributed by atoms with van der Waals surface area (Å²) >= 11 is 0. The van der Waals surface area contributed by atoms with Crippen LogP contribution in [-0.2, 0) is 4.79 Å². The second-order valence-corrected chi connectivity index (χ2v) is 8.54. The van der Waals surface area contributed by atoms with Gasteiger partial charge in [-0.2, -0.15) is 4.78 Å². The first kappa shape index (κ1) is 15.3. The number of carbonyl (C=O) groups excluding carboxylic acids is 1. The summed E-state index contributed by atoms with van der Waals surface area (Å²) in [7, 11) is 3.27. The van der Waals surface area contributed by atoms with Crippen molar-refractivity contribution >= 4 is 23.3 Å². The van der Waals surface area contributed by atoms with Crippen molar-refractivity contribution in [3.05, 3.63) is 0 Å². The number of hydrogen-bond acceptors (Lipinski definition) is 2. The number of rotatable bonds is 1. The molecule has 0 aromatic carbocycles. The maximum atomic E-state index is 11.8.